The van der Waals surface area contributed by atoms with Crippen molar-refractivity contribution in [3.8, 4) is 0 Å². The van der Waals surface area contributed by atoms with Gasteiger partial charge in [-0.25, -0.2) is 0 Å². The summed E-state index contributed by atoms with van der Waals surface area (Å²) in [7, 11) is 0. The van der Waals surface area contributed by atoms with Crippen molar-refractivity contribution in [2.75, 3.05) is 19.6 Å². The van der Waals surface area contributed by atoms with E-state index in [-0.39, 0.29) is 17.9 Å². The van der Waals surface area contributed by atoms with Crippen LogP contribution in [0.25, 0.3) is 0 Å². The normalized spacial score (nSPS) is 23.5. The highest BCUT2D eigenvalue weighted by molar-refractivity contribution is 6.20. The summed E-state index contributed by atoms with van der Waals surface area (Å²) in [4.78, 5) is 2.34. The molecular weight excluding hydrogens is 243 g/mol. The van der Waals surface area contributed by atoms with Crippen LogP contribution in [0.1, 0.15) is 18.5 Å². The average Bonchev–Trinajstić information content (AvgIpc) is 2.30. The molecule has 1 heterocycles. The predicted octanol–water partition coefficient (Wildman–Crippen LogP) is 2.64. The quantitative estimate of drug-likeness (QED) is 0.650. The topological polar surface area (TPSA) is 15.3 Å². The molecule has 2 rings (SSSR count). The van der Waals surface area contributed by atoms with E-state index in [0.717, 1.165) is 19.6 Å². The van der Waals surface area contributed by atoms with Crippen LogP contribution in [0.3, 0.4) is 0 Å². The second-order valence-corrected chi connectivity index (χ2v) is 4.57. The highest BCUT2D eigenvalue weighted by Crippen LogP contribution is 2.25. The van der Waals surface area contributed by atoms with Crippen LogP contribution in [-0.2, 0) is 0 Å². The van der Waals surface area contributed by atoms with Crippen LogP contribution >= 0.6 is 24.0 Å². The molecule has 0 aliphatic carbocycles. The van der Waals surface area contributed by atoms with Gasteiger partial charge in [-0.1, -0.05) is 30.3 Å². The summed E-state index contributed by atoms with van der Waals surface area (Å²) in [6.07, 6.45) is 0. The molecule has 2 nitrogen and oxygen atoms in total. The maximum absolute atomic E-state index is 6.20. The Morgan fingerprint density at radius 2 is 2.06 bits per heavy atom. The second kappa shape index (κ2) is 6.45. The Balaban J connectivity index is 0.00000128. The first-order chi connectivity index (χ1) is 7.29. The van der Waals surface area contributed by atoms with Crippen LogP contribution in [0, 0.1) is 0 Å². The van der Waals surface area contributed by atoms with E-state index in [1.165, 1.54) is 5.56 Å². The molecule has 1 aliphatic rings. The van der Waals surface area contributed by atoms with E-state index in [1.807, 2.05) is 13.0 Å². The summed E-state index contributed by atoms with van der Waals surface area (Å²) in [5.74, 6) is 0. The number of hydrogen-bond acceptors (Lipinski definition) is 2. The average molecular weight is 261 g/mol. The van der Waals surface area contributed by atoms with Gasteiger partial charge in [-0.15, -0.1) is 24.0 Å². The molecule has 1 aromatic carbocycles. The monoisotopic (exact) mass is 260 g/mol. The predicted molar refractivity (Wildman–Crippen MR) is 71.3 cm³/mol. The van der Waals surface area contributed by atoms with Gasteiger partial charge in [-0.2, -0.15) is 0 Å². The van der Waals surface area contributed by atoms with Crippen molar-refractivity contribution >= 4 is 24.0 Å². The van der Waals surface area contributed by atoms with E-state index in [1.54, 1.807) is 0 Å². The molecule has 4 heteroatoms. The van der Waals surface area contributed by atoms with E-state index in [4.69, 9.17) is 11.6 Å². The Kier molecular flexibility index (Phi) is 5.56. The van der Waals surface area contributed by atoms with Crippen LogP contribution in [0.5, 0.6) is 0 Å². The molecule has 2 atom stereocenters. The van der Waals surface area contributed by atoms with Gasteiger partial charge >= 0.3 is 0 Å². The summed E-state index contributed by atoms with van der Waals surface area (Å²) in [5.41, 5.74) is 1.44. The van der Waals surface area contributed by atoms with Crippen molar-refractivity contribution in [3.63, 3.8) is 0 Å². The van der Waals surface area contributed by atoms with Gasteiger partial charge in [0.15, 0.2) is 0 Å². The van der Waals surface area contributed by atoms with Gasteiger partial charge in [0.1, 0.15) is 0 Å². The van der Waals surface area contributed by atoms with Gasteiger partial charge in [0, 0.05) is 25.7 Å². The minimum absolute atomic E-state index is 0. The lowest BCUT2D eigenvalue weighted by molar-refractivity contribution is 0.152. The summed E-state index contributed by atoms with van der Waals surface area (Å²) in [6.45, 7) is 5.08. The minimum Gasteiger partial charge on any atom is -0.314 e. The number of hydrogen-bond donors (Lipinski definition) is 1. The van der Waals surface area contributed by atoms with Gasteiger partial charge in [0.25, 0.3) is 0 Å². The minimum atomic E-state index is 0. The summed E-state index contributed by atoms with van der Waals surface area (Å²) < 4.78 is 0. The lowest BCUT2D eigenvalue weighted by Gasteiger charge is -2.38. The fraction of sp³-hybridized carbons (Fsp3) is 0.500. The van der Waals surface area contributed by atoms with E-state index in [0.29, 0.717) is 6.04 Å². The van der Waals surface area contributed by atoms with Gasteiger partial charge < -0.3 is 5.32 Å². The van der Waals surface area contributed by atoms with Crippen molar-refractivity contribution in [1.82, 2.24) is 10.2 Å². The first-order valence-electron chi connectivity index (χ1n) is 5.44. The number of halogens is 2. The Bertz CT molecular complexity index is 303. The number of rotatable bonds is 2. The molecule has 0 radical (unpaired) electrons. The van der Waals surface area contributed by atoms with E-state index < -0.39 is 0 Å². The third-order valence-electron chi connectivity index (χ3n) is 2.93. The molecule has 0 aromatic heterocycles. The Labute approximate surface area is 108 Å². The SMILES string of the molecule is CC(Cl)N1CCNCC1c1ccccc1.Cl. The number of nitrogens with zero attached hydrogens (tertiary/aromatic N) is 1. The van der Waals surface area contributed by atoms with Crippen molar-refractivity contribution in [2.24, 2.45) is 0 Å². The Hall–Kier alpha value is -0.280. The fourth-order valence-corrected chi connectivity index (χ4v) is 2.36. The molecule has 1 fully saturated rings. The molecule has 1 aromatic rings. The van der Waals surface area contributed by atoms with Crippen molar-refractivity contribution in [1.29, 1.82) is 0 Å². The van der Waals surface area contributed by atoms with E-state index in [9.17, 15) is 0 Å². The Morgan fingerprint density at radius 1 is 1.38 bits per heavy atom. The van der Waals surface area contributed by atoms with E-state index in [2.05, 4.69) is 34.5 Å². The molecule has 0 saturated carbocycles. The highest BCUT2D eigenvalue weighted by Gasteiger charge is 2.26. The fourth-order valence-electron chi connectivity index (χ4n) is 2.13. The molecule has 1 saturated heterocycles. The van der Waals surface area contributed by atoms with Crippen LogP contribution in [-0.4, -0.2) is 30.0 Å². The van der Waals surface area contributed by atoms with Crippen LogP contribution in [0.4, 0.5) is 0 Å². The van der Waals surface area contributed by atoms with Gasteiger partial charge in [0.2, 0.25) is 0 Å². The first-order valence-corrected chi connectivity index (χ1v) is 5.88. The molecule has 2 unspecified atom stereocenters. The zero-order valence-electron chi connectivity index (χ0n) is 9.40. The van der Waals surface area contributed by atoms with Crippen molar-refractivity contribution in [2.45, 2.75) is 18.5 Å². The molecule has 0 bridgehead atoms. The lowest BCUT2D eigenvalue weighted by atomic mass is 10.0. The van der Waals surface area contributed by atoms with Crippen LogP contribution in [0.15, 0.2) is 30.3 Å². The smallest absolute Gasteiger partial charge is 0.0827 e. The third-order valence-corrected chi connectivity index (χ3v) is 3.18. The van der Waals surface area contributed by atoms with Crippen molar-refractivity contribution in [3.05, 3.63) is 35.9 Å². The maximum atomic E-state index is 6.20. The standard InChI is InChI=1S/C12H17ClN2.ClH/c1-10(13)15-8-7-14-9-12(15)11-5-3-2-4-6-11;/h2-6,10,12,14H,7-9H2,1H3;1H. The van der Waals surface area contributed by atoms with Crippen LogP contribution < -0.4 is 5.32 Å². The van der Waals surface area contributed by atoms with Gasteiger partial charge in [-0.3, -0.25) is 4.90 Å². The summed E-state index contributed by atoms with van der Waals surface area (Å²) in [5, 5.41) is 3.42. The van der Waals surface area contributed by atoms with E-state index >= 15 is 0 Å². The second-order valence-electron chi connectivity index (χ2n) is 3.94. The van der Waals surface area contributed by atoms with Gasteiger partial charge in [-0.05, 0) is 12.5 Å². The molecular formula is C12H18Cl2N2. The molecule has 1 N–H and O–H groups in total. The molecule has 90 valence electrons. The largest absolute Gasteiger partial charge is 0.314 e. The highest BCUT2D eigenvalue weighted by atomic mass is 35.5. The summed E-state index contributed by atoms with van der Waals surface area (Å²) >= 11 is 6.20. The molecule has 1 aliphatic heterocycles. The number of alkyl halides is 1. The maximum Gasteiger partial charge on any atom is 0.0827 e. The number of nitrogens with one attached hydrogen (secondary N) is 1. The van der Waals surface area contributed by atoms with Crippen LogP contribution in [0.2, 0.25) is 0 Å². The molecule has 16 heavy (non-hydrogen) atoms. The first kappa shape index (κ1) is 13.8. The summed E-state index contributed by atoms with van der Waals surface area (Å²) in [6, 6.07) is 11.0. The van der Waals surface area contributed by atoms with Gasteiger partial charge in [0.05, 0.1) is 5.50 Å². The zero-order chi connectivity index (χ0) is 10.7. The van der Waals surface area contributed by atoms with Crippen molar-refractivity contribution < 1.29 is 0 Å². The number of piperazine rings is 1. The lowest BCUT2D eigenvalue weighted by Crippen LogP contribution is -2.48. The molecule has 0 spiro atoms. The zero-order valence-corrected chi connectivity index (χ0v) is 11.0. The molecule has 0 amide bonds. The third kappa shape index (κ3) is 3.11. The number of benzene rings is 1. The Morgan fingerprint density at radius 3 is 2.69 bits per heavy atom.